The molecular weight excluding hydrogens is 216 g/mol. The number of morpholine rings is 1. The summed E-state index contributed by atoms with van der Waals surface area (Å²) < 4.78 is 11.4. The molecule has 2 saturated heterocycles. The molecule has 2 fully saturated rings. The molecule has 2 aliphatic rings. The Kier molecular flexibility index (Phi) is 4.42. The summed E-state index contributed by atoms with van der Waals surface area (Å²) in [5.74, 6) is 0. The normalized spacial score (nSPS) is 34.8. The van der Waals surface area contributed by atoms with Crippen LogP contribution < -0.4 is 5.32 Å². The Hall–Kier alpha value is -0.160. The first-order valence-corrected chi connectivity index (χ1v) is 6.81. The largest absolute Gasteiger partial charge is 0.380 e. The van der Waals surface area contributed by atoms with Gasteiger partial charge in [-0.15, -0.1) is 0 Å². The van der Waals surface area contributed by atoms with Crippen molar-refractivity contribution in [2.75, 3.05) is 39.5 Å². The highest BCUT2D eigenvalue weighted by Gasteiger charge is 2.36. The van der Waals surface area contributed by atoms with E-state index in [2.05, 4.69) is 31.0 Å². The highest BCUT2D eigenvalue weighted by Crippen LogP contribution is 2.22. The topological polar surface area (TPSA) is 33.7 Å². The summed E-state index contributed by atoms with van der Waals surface area (Å²) in [6.07, 6.45) is 1.12. The van der Waals surface area contributed by atoms with Gasteiger partial charge in [0.2, 0.25) is 0 Å². The average Bonchev–Trinajstić information content (AvgIpc) is 2.29. The fourth-order valence-corrected chi connectivity index (χ4v) is 2.92. The van der Waals surface area contributed by atoms with Gasteiger partial charge >= 0.3 is 0 Å². The molecule has 1 N–H and O–H groups in total. The third kappa shape index (κ3) is 3.41. The highest BCUT2D eigenvalue weighted by molar-refractivity contribution is 4.91. The van der Waals surface area contributed by atoms with Crippen LogP contribution in [0, 0.1) is 0 Å². The maximum Gasteiger partial charge on any atom is 0.0753 e. The number of rotatable bonds is 3. The molecule has 100 valence electrons. The van der Waals surface area contributed by atoms with E-state index < -0.39 is 0 Å². The van der Waals surface area contributed by atoms with Crippen molar-refractivity contribution in [2.45, 2.75) is 44.9 Å². The smallest absolute Gasteiger partial charge is 0.0753 e. The van der Waals surface area contributed by atoms with Crippen LogP contribution in [0.2, 0.25) is 0 Å². The molecule has 2 aliphatic heterocycles. The van der Waals surface area contributed by atoms with Crippen molar-refractivity contribution in [2.24, 2.45) is 0 Å². The van der Waals surface area contributed by atoms with Gasteiger partial charge in [0.25, 0.3) is 0 Å². The van der Waals surface area contributed by atoms with Gasteiger partial charge in [-0.2, -0.15) is 0 Å². The molecule has 0 radical (unpaired) electrons. The maximum absolute atomic E-state index is 5.78. The minimum atomic E-state index is -0.0214. The second-order valence-corrected chi connectivity index (χ2v) is 5.67. The van der Waals surface area contributed by atoms with Gasteiger partial charge < -0.3 is 14.8 Å². The van der Waals surface area contributed by atoms with Crippen molar-refractivity contribution in [3.05, 3.63) is 0 Å². The Labute approximate surface area is 105 Å². The summed E-state index contributed by atoms with van der Waals surface area (Å²) in [5, 5.41) is 3.60. The van der Waals surface area contributed by atoms with Gasteiger partial charge in [-0.05, 0) is 26.8 Å². The number of nitrogens with one attached hydrogen (secondary N) is 1. The zero-order chi connectivity index (χ0) is 12.3. The van der Waals surface area contributed by atoms with Crippen molar-refractivity contribution in [3.63, 3.8) is 0 Å². The van der Waals surface area contributed by atoms with Crippen LogP contribution >= 0.6 is 0 Å². The van der Waals surface area contributed by atoms with E-state index >= 15 is 0 Å². The molecule has 0 saturated carbocycles. The molecule has 2 rings (SSSR count). The molecule has 0 aromatic rings. The minimum absolute atomic E-state index is 0.0214. The summed E-state index contributed by atoms with van der Waals surface area (Å²) in [4.78, 5) is 2.54. The Bertz CT molecular complexity index is 244. The average molecular weight is 242 g/mol. The Morgan fingerprint density at radius 2 is 2.18 bits per heavy atom. The van der Waals surface area contributed by atoms with Crippen LogP contribution in [0.4, 0.5) is 0 Å². The molecule has 4 heteroatoms. The molecule has 2 heterocycles. The van der Waals surface area contributed by atoms with E-state index in [-0.39, 0.29) is 5.60 Å². The van der Waals surface area contributed by atoms with E-state index in [9.17, 15) is 0 Å². The Morgan fingerprint density at radius 1 is 1.35 bits per heavy atom. The number of ether oxygens (including phenoxy) is 2. The van der Waals surface area contributed by atoms with Crippen LogP contribution in [-0.2, 0) is 9.47 Å². The summed E-state index contributed by atoms with van der Waals surface area (Å²) in [5.41, 5.74) is -0.0214. The Balaban J connectivity index is 1.98. The zero-order valence-electron chi connectivity index (χ0n) is 11.4. The van der Waals surface area contributed by atoms with Crippen molar-refractivity contribution in [1.29, 1.82) is 0 Å². The van der Waals surface area contributed by atoms with Crippen LogP contribution in [0.25, 0.3) is 0 Å². The molecule has 17 heavy (non-hydrogen) atoms. The maximum atomic E-state index is 5.78. The standard InChI is InChI=1S/C13H26N2O2/c1-4-14-11-5-7-16-9-12(11)15-6-8-17-13(2,3)10-15/h11-12,14H,4-10H2,1-3H3. The summed E-state index contributed by atoms with van der Waals surface area (Å²) >= 11 is 0. The van der Waals surface area contributed by atoms with Crippen molar-refractivity contribution in [3.8, 4) is 0 Å². The summed E-state index contributed by atoms with van der Waals surface area (Å²) in [6.45, 7) is 12.2. The first-order valence-electron chi connectivity index (χ1n) is 6.81. The van der Waals surface area contributed by atoms with Gasteiger partial charge in [0.15, 0.2) is 0 Å². The van der Waals surface area contributed by atoms with Crippen LogP contribution in [0.5, 0.6) is 0 Å². The highest BCUT2D eigenvalue weighted by atomic mass is 16.5. The molecular formula is C13H26N2O2. The monoisotopic (exact) mass is 242 g/mol. The van der Waals surface area contributed by atoms with Gasteiger partial charge in [0, 0.05) is 31.8 Å². The number of nitrogens with zero attached hydrogens (tertiary/aromatic N) is 1. The first kappa shape index (κ1) is 13.3. The van der Waals surface area contributed by atoms with Gasteiger partial charge in [0.1, 0.15) is 0 Å². The fourth-order valence-electron chi connectivity index (χ4n) is 2.92. The Morgan fingerprint density at radius 3 is 2.88 bits per heavy atom. The molecule has 2 atom stereocenters. The van der Waals surface area contributed by atoms with Crippen LogP contribution in [0.3, 0.4) is 0 Å². The second kappa shape index (κ2) is 5.65. The molecule has 4 nitrogen and oxygen atoms in total. The minimum Gasteiger partial charge on any atom is -0.380 e. The number of hydrogen-bond donors (Lipinski definition) is 1. The lowest BCUT2D eigenvalue weighted by atomic mass is 9.98. The molecule has 0 spiro atoms. The SMILES string of the molecule is CCNC1CCOCC1N1CCOC(C)(C)C1. The van der Waals surface area contributed by atoms with E-state index in [1.807, 2.05) is 0 Å². The van der Waals surface area contributed by atoms with Gasteiger partial charge in [0.05, 0.1) is 18.8 Å². The fraction of sp³-hybridized carbons (Fsp3) is 1.00. The van der Waals surface area contributed by atoms with Crippen LogP contribution in [0.15, 0.2) is 0 Å². The predicted molar refractivity (Wildman–Crippen MR) is 68.3 cm³/mol. The lowest BCUT2D eigenvalue weighted by Gasteiger charge is -2.46. The molecule has 0 aliphatic carbocycles. The van der Waals surface area contributed by atoms with E-state index in [0.29, 0.717) is 12.1 Å². The summed E-state index contributed by atoms with van der Waals surface area (Å²) in [6, 6.07) is 1.08. The second-order valence-electron chi connectivity index (χ2n) is 5.67. The van der Waals surface area contributed by atoms with Crippen LogP contribution in [0.1, 0.15) is 27.2 Å². The van der Waals surface area contributed by atoms with E-state index in [4.69, 9.17) is 9.47 Å². The van der Waals surface area contributed by atoms with Crippen molar-refractivity contribution in [1.82, 2.24) is 10.2 Å². The van der Waals surface area contributed by atoms with E-state index in [1.54, 1.807) is 0 Å². The molecule has 0 bridgehead atoms. The van der Waals surface area contributed by atoms with E-state index in [1.165, 1.54) is 0 Å². The molecule has 0 aromatic heterocycles. The van der Waals surface area contributed by atoms with Gasteiger partial charge in [-0.25, -0.2) is 0 Å². The zero-order valence-corrected chi connectivity index (χ0v) is 11.4. The third-order valence-electron chi connectivity index (χ3n) is 3.72. The lowest BCUT2D eigenvalue weighted by molar-refractivity contribution is -0.116. The third-order valence-corrected chi connectivity index (χ3v) is 3.72. The van der Waals surface area contributed by atoms with Crippen molar-refractivity contribution >= 4 is 0 Å². The summed E-state index contributed by atoms with van der Waals surface area (Å²) in [7, 11) is 0. The van der Waals surface area contributed by atoms with Crippen LogP contribution in [-0.4, -0.2) is 62.0 Å². The lowest BCUT2D eigenvalue weighted by Crippen LogP contribution is -2.61. The molecule has 2 unspecified atom stereocenters. The quantitative estimate of drug-likeness (QED) is 0.796. The predicted octanol–water partition coefficient (Wildman–Crippen LogP) is 0.864. The molecule has 0 aromatic carbocycles. The van der Waals surface area contributed by atoms with Gasteiger partial charge in [-0.1, -0.05) is 6.92 Å². The first-order chi connectivity index (χ1) is 8.12. The van der Waals surface area contributed by atoms with Gasteiger partial charge in [-0.3, -0.25) is 4.90 Å². The van der Waals surface area contributed by atoms with Crippen molar-refractivity contribution < 1.29 is 9.47 Å². The van der Waals surface area contributed by atoms with E-state index in [0.717, 1.165) is 45.9 Å². The number of hydrogen-bond acceptors (Lipinski definition) is 4. The molecule has 0 amide bonds. The number of likely N-dealkylation sites (N-methyl/N-ethyl adjacent to an activating group) is 1.